The highest BCUT2D eigenvalue weighted by atomic mass is 79.9. The Bertz CT molecular complexity index is 610. The molecule has 0 amide bonds. The highest BCUT2D eigenvalue weighted by Crippen LogP contribution is 2.24. The number of nitrogens with zero attached hydrogens (tertiary/aromatic N) is 3. The topological polar surface area (TPSA) is 30.3 Å². The fourth-order valence-corrected chi connectivity index (χ4v) is 2.87. The molecule has 4 nitrogen and oxygen atoms in total. The van der Waals surface area contributed by atoms with Crippen molar-refractivity contribution in [3.63, 3.8) is 0 Å². The monoisotopic (exact) mass is 351 g/mol. The van der Waals surface area contributed by atoms with E-state index in [1.54, 1.807) is 7.11 Å². The smallest absolute Gasteiger partial charge is 0.123 e. The molecule has 0 spiro atoms. The van der Waals surface area contributed by atoms with Crippen molar-refractivity contribution in [1.29, 1.82) is 0 Å². The minimum atomic E-state index is 0.838. The SMILES string of the molecule is CCn1nc(C)c(Br)c1CN(C)Cc1ccccc1OC. The number of halogens is 1. The van der Waals surface area contributed by atoms with Gasteiger partial charge in [0, 0.05) is 25.2 Å². The lowest BCUT2D eigenvalue weighted by Crippen LogP contribution is -2.20. The minimum absolute atomic E-state index is 0.838. The van der Waals surface area contributed by atoms with Crippen molar-refractivity contribution in [2.45, 2.75) is 33.5 Å². The summed E-state index contributed by atoms with van der Waals surface area (Å²) in [4.78, 5) is 2.27. The lowest BCUT2D eigenvalue weighted by molar-refractivity contribution is 0.299. The van der Waals surface area contributed by atoms with Gasteiger partial charge in [0.1, 0.15) is 5.75 Å². The van der Waals surface area contributed by atoms with E-state index in [1.165, 1.54) is 11.3 Å². The molecule has 0 fully saturated rings. The van der Waals surface area contributed by atoms with Gasteiger partial charge in [-0.3, -0.25) is 9.58 Å². The molecule has 114 valence electrons. The van der Waals surface area contributed by atoms with Gasteiger partial charge in [0.2, 0.25) is 0 Å². The predicted octanol–water partition coefficient (Wildman–Crippen LogP) is 3.61. The number of rotatable bonds is 6. The molecule has 0 unspecified atom stereocenters. The Morgan fingerprint density at radius 3 is 2.67 bits per heavy atom. The van der Waals surface area contributed by atoms with E-state index in [9.17, 15) is 0 Å². The minimum Gasteiger partial charge on any atom is -0.496 e. The average molecular weight is 352 g/mol. The number of aromatic nitrogens is 2. The first-order chi connectivity index (χ1) is 10.1. The van der Waals surface area contributed by atoms with Crippen molar-refractivity contribution in [2.24, 2.45) is 0 Å². The first kappa shape index (κ1) is 16.0. The van der Waals surface area contributed by atoms with Crippen LogP contribution in [0.4, 0.5) is 0 Å². The number of para-hydroxylation sites is 1. The largest absolute Gasteiger partial charge is 0.496 e. The van der Waals surface area contributed by atoms with Gasteiger partial charge in [0.05, 0.1) is 23.0 Å². The summed E-state index contributed by atoms with van der Waals surface area (Å²) in [6, 6.07) is 8.14. The molecule has 2 aromatic rings. The van der Waals surface area contributed by atoms with E-state index < -0.39 is 0 Å². The van der Waals surface area contributed by atoms with E-state index in [4.69, 9.17) is 4.74 Å². The van der Waals surface area contributed by atoms with Crippen molar-refractivity contribution in [3.05, 3.63) is 45.7 Å². The first-order valence-electron chi connectivity index (χ1n) is 7.09. The Morgan fingerprint density at radius 1 is 1.29 bits per heavy atom. The number of methoxy groups -OCH3 is 1. The zero-order chi connectivity index (χ0) is 15.4. The zero-order valence-electron chi connectivity index (χ0n) is 13.1. The van der Waals surface area contributed by atoms with E-state index in [-0.39, 0.29) is 0 Å². The van der Waals surface area contributed by atoms with Gasteiger partial charge in [-0.15, -0.1) is 0 Å². The van der Waals surface area contributed by atoms with Crippen LogP contribution in [0, 0.1) is 6.92 Å². The highest BCUT2D eigenvalue weighted by Gasteiger charge is 2.14. The van der Waals surface area contributed by atoms with Crippen LogP contribution in [-0.4, -0.2) is 28.8 Å². The van der Waals surface area contributed by atoms with Gasteiger partial charge in [-0.2, -0.15) is 5.10 Å². The molecular weight excluding hydrogens is 330 g/mol. The second-order valence-electron chi connectivity index (χ2n) is 5.15. The average Bonchev–Trinajstić information content (AvgIpc) is 2.75. The van der Waals surface area contributed by atoms with Crippen LogP contribution in [0.5, 0.6) is 5.75 Å². The van der Waals surface area contributed by atoms with Gasteiger partial charge in [-0.25, -0.2) is 0 Å². The molecule has 1 heterocycles. The third-order valence-corrected chi connectivity index (χ3v) is 4.54. The van der Waals surface area contributed by atoms with E-state index in [0.717, 1.165) is 35.6 Å². The molecule has 5 heteroatoms. The number of benzene rings is 1. The molecule has 0 aliphatic rings. The number of ether oxygens (including phenoxy) is 1. The molecule has 0 saturated carbocycles. The standard InChI is InChI=1S/C16H22BrN3O/c1-5-20-14(16(17)12(2)18-20)11-19(3)10-13-8-6-7-9-15(13)21-4/h6-9H,5,10-11H2,1-4H3. The van der Waals surface area contributed by atoms with Crippen LogP contribution < -0.4 is 4.74 Å². The van der Waals surface area contributed by atoms with Crippen molar-refractivity contribution in [2.75, 3.05) is 14.2 Å². The Labute approximate surface area is 134 Å². The number of hydrogen-bond acceptors (Lipinski definition) is 3. The Hall–Kier alpha value is -1.33. The first-order valence-corrected chi connectivity index (χ1v) is 7.88. The number of hydrogen-bond donors (Lipinski definition) is 0. The maximum absolute atomic E-state index is 5.42. The van der Waals surface area contributed by atoms with Crippen LogP contribution in [0.1, 0.15) is 23.9 Å². The lowest BCUT2D eigenvalue weighted by Gasteiger charge is -2.19. The van der Waals surface area contributed by atoms with Gasteiger partial charge in [0.15, 0.2) is 0 Å². The summed E-state index contributed by atoms with van der Waals surface area (Å²) in [5.41, 5.74) is 3.45. The summed E-state index contributed by atoms with van der Waals surface area (Å²) >= 11 is 3.65. The van der Waals surface area contributed by atoms with Crippen LogP contribution >= 0.6 is 15.9 Å². The molecule has 21 heavy (non-hydrogen) atoms. The van der Waals surface area contributed by atoms with Gasteiger partial charge in [-0.1, -0.05) is 18.2 Å². The third kappa shape index (κ3) is 3.66. The molecule has 2 rings (SSSR count). The summed E-state index contributed by atoms with van der Waals surface area (Å²) in [7, 11) is 3.83. The second-order valence-corrected chi connectivity index (χ2v) is 5.94. The summed E-state index contributed by atoms with van der Waals surface area (Å²) in [5, 5.41) is 4.54. The van der Waals surface area contributed by atoms with Crippen LogP contribution in [-0.2, 0) is 19.6 Å². The summed E-state index contributed by atoms with van der Waals surface area (Å²) in [5.74, 6) is 0.934. The van der Waals surface area contributed by atoms with Crippen molar-refractivity contribution in [1.82, 2.24) is 14.7 Å². The van der Waals surface area contributed by atoms with Crippen molar-refractivity contribution < 1.29 is 4.74 Å². The number of aryl methyl sites for hydroxylation is 2. The van der Waals surface area contributed by atoms with Crippen LogP contribution in [0.25, 0.3) is 0 Å². The fourth-order valence-electron chi connectivity index (χ4n) is 2.46. The molecule has 0 radical (unpaired) electrons. The van der Waals surface area contributed by atoms with Gasteiger partial charge in [-0.05, 0) is 42.9 Å². The molecule has 1 aromatic heterocycles. The molecule has 0 aliphatic carbocycles. The van der Waals surface area contributed by atoms with E-state index in [2.05, 4.69) is 50.6 Å². The zero-order valence-corrected chi connectivity index (χ0v) is 14.6. The summed E-state index contributed by atoms with van der Waals surface area (Å²) in [6.07, 6.45) is 0. The molecular formula is C16H22BrN3O. The maximum atomic E-state index is 5.42. The van der Waals surface area contributed by atoms with Gasteiger partial charge < -0.3 is 4.74 Å². The Morgan fingerprint density at radius 2 is 2.00 bits per heavy atom. The maximum Gasteiger partial charge on any atom is 0.123 e. The lowest BCUT2D eigenvalue weighted by atomic mass is 10.2. The van der Waals surface area contributed by atoms with Gasteiger partial charge >= 0.3 is 0 Å². The Kier molecular flexibility index (Phi) is 5.42. The normalized spacial score (nSPS) is 11.1. The Balaban J connectivity index is 2.13. The molecule has 0 aliphatic heterocycles. The molecule has 0 N–H and O–H groups in total. The fraction of sp³-hybridized carbons (Fsp3) is 0.438. The van der Waals surface area contributed by atoms with E-state index >= 15 is 0 Å². The molecule has 1 aromatic carbocycles. The summed E-state index contributed by atoms with van der Waals surface area (Å²) in [6.45, 7) is 6.70. The third-order valence-electron chi connectivity index (χ3n) is 3.51. The second kappa shape index (κ2) is 7.09. The highest BCUT2D eigenvalue weighted by molar-refractivity contribution is 9.10. The van der Waals surface area contributed by atoms with Gasteiger partial charge in [0.25, 0.3) is 0 Å². The van der Waals surface area contributed by atoms with Crippen LogP contribution in [0.15, 0.2) is 28.7 Å². The van der Waals surface area contributed by atoms with Crippen LogP contribution in [0.2, 0.25) is 0 Å². The van der Waals surface area contributed by atoms with E-state index in [0.29, 0.717) is 0 Å². The van der Waals surface area contributed by atoms with Crippen LogP contribution in [0.3, 0.4) is 0 Å². The molecule has 0 bridgehead atoms. The molecule has 0 atom stereocenters. The van der Waals surface area contributed by atoms with Crippen molar-refractivity contribution >= 4 is 15.9 Å². The quantitative estimate of drug-likeness (QED) is 0.796. The predicted molar refractivity (Wildman–Crippen MR) is 88.5 cm³/mol. The summed E-state index contributed by atoms with van der Waals surface area (Å²) < 4.78 is 8.58. The molecule has 0 saturated heterocycles. The van der Waals surface area contributed by atoms with Crippen molar-refractivity contribution in [3.8, 4) is 5.75 Å². The van der Waals surface area contributed by atoms with E-state index in [1.807, 2.05) is 25.1 Å².